The number of rotatable bonds is 2. The summed E-state index contributed by atoms with van der Waals surface area (Å²) in [5, 5.41) is 28.2. The van der Waals surface area contributed by atoms with Crippen molar-refractivity contribution in [1.82, 2.24) is 24.6 Å². The summed E-state index contributed by atoms with van der Waals surface area (Å²) in [6.07, 6.45) is -3.97. The molecule has 2 aromatic rings. The zero-order chi connectivity index (χ0) is 14.5. The Balaban J connectivity index is 2.13. The third-order valence-electron chi connectivity index (χ3n) is 3.01. The van der Waals surface area contributed by atoms with E-state index in [-0.39, 0.29) is 22.0 Å². The molecule has 0 unspecified atom stereocenters. The molecule has 0 bridgehead atoms. The van der Waals surface area contributed by atoms with Crippen LogP contribution in [0.25, 0.3) is 11.2 Å². The largest absolute Gasteiger partial charge is 0.394 e. The summed E-state index contributed by atoms with van der Waals surface area (Å²) in [5.74, 6) is 0.0269. The summed E-state index contributed by atoms with van der Waals surface area (Å²) < 4.78 is 20.4. The number of hydroxylamine groups is 2. The SMILES string of the molecule is Nc1ncnc2c1ncn2[C@]1(F)O[C@H](CO)[C@@H](O)N1O. The van der Waals surface area contributed by atoms with Crippen molar-refractivity contribution >= 4 is 17.0 Å². The molecule has 0 aromatic carbocycles. The lowest BCUT2D eigenvalue weighted by Crippen LogP contribution is -2.44. The first-order valence-corrected chi connectivity index (χ1v) is 5.57. The van der Waals surface area contributed by atoms with E-state index in [4.69, 9.17) is 15.6 Å². The standard InChI is InChI=1S/C9H11FN6O4/c10-9(16(19)8(18)4(1-17)20-9)15-3-14-5-6(11)12-2-13-7(5)15/h2-4,8,17-19H,1H2,(H2,11,12,13)/t4-,8-,9+/m1/s1. The maximum absolute atomic E-state index is 14.8. The zero-order valence-corrected chi connectivity index (χ0v) is 9.96. The molecule has 11 heteroatoms. The molecule has 2 aromatic heterocycles. The molecule has 10 nitrogen and oxygen atoms in total. The Morgan fingerprint density at radius 1 is 1.45 bits per heavy atom. The fraction of sp³-hybridized carbons (Fsp3) is 0.444. The molecule has 0 aliphatic carbocycles. The van der Waals surface area contributed by atoms with Gasteiger partial charge >= 0.3 is 6.10 Å². The minimum Gasteiger partial charge on any atom is -0.394 e. The van der Waals surface area contributed by atoms with Gasteiger partial charge in [-0.25, -0.2) is 19.5 Å². The Hall–Kier alpha value is -1.92. The molecule has 1 fully saturated rings. The van der Waals surface area contributed by atoms with E-state index in [1.165, 1.54) is 0 Å². The zero-order valence-electron chi connectivity index (χ0n) is 9.96. The number of aromatic nitrogens is 4. The number of nitrogens with zero attached hydrogens (tertiary/aromatic N) is 5. The molecule has 3 heterocycles. The van der Waals surface area contributed by atoms with E-state index in [0.29, 0.717) is 0 Å². The van der Waals surface area contributed by atoms with E-state index >= 15 is 0 Å². The number of hydrogen-bond acceptors (Lipinski definition) is 9. The first kappa shape index (κ1) is 13.1. The minimum atomic E-state index is -2.97. The number of nitrogens with two attached hydrogens (primary N) is 1. The van der Waals surface area contributed by atoms with Gasteiger partial charge in [-0.05, 0) is 0 Å². The Bertz CT molecular complexity index is 652. The van der Waals surface area contributed by atoms with Gasteiger partial charge in [-0.1, -0.05) is 5.06 Å². The van der Waals surface area contributed by atoms with Gasteiger partial charge in [0, 0.05) is 0 Å². The van der Waals surface area contributed by atoms with Gasteiger partial charge in [0.1, 0.15) is 24.3 Å². The van der Waals surface area contributed by atoms with Gasteiger partial charge in [-0.15, -0.1) is 0 Å². The summed E-state index contributed by atoms with van der Waals surface area (Å²) in [7, 11) is 0. The number of aliphatic hydroxyl groups excluding tert-OH is 2. The van der Waals surface area contributed by atoms with Gasteiger partial charge in [0.15, 0.2) is 17.7 Å². The summed E-state index contributed by atoms with van der Waals surface area (Å²) in [6, 6.07) is 0. The number of ether oxygens (including phenoxy) is 1. The maximum atomic E-state index is 14.8. The Morgan fingerprint density at radius 3 is 2.85 bits per heavy atom. The van der Waals surface area contributed by atoms with E-state index in [1.54, 1.807) is 0 Å². The lowest BCUT2D eigenvalue weighted by Gasteiger charge is -2.25. The average molecular weight is 286 g/mol. The number of halogens is 1. The molecule has 20 heavy (non-hydrogen) atoms. The maximum Gasteiger partial charge on any atom is 0.387 e. The summed E-state index contributed by atoms with van der Waals surface area (Å²) >= 11 is 0. The summed E-state index contributed by atoms with van der Waals surface area (Å²) in [5.41, 5.74) is 5.65. The lowest BCUT2D eigenvalue weighted by molar-refractivity contribution is -0.363. The number of alkyl halides is 1. The molecule has 1 saturated heterocycles. The molecule has 3 rings (SSSR count). The molecule has 1 aliphatic heterocycles. The van der Waals surface area contributed by atoms with Crippen LogP contribution in [0.5, 0.6) is 0 Å². The van der Waals surface area contributed by atoms with Crippen LogP contribution in [0.3, 0.4) is 0 Å². The number of anilines is 1. The molecule has 0 spiro atoms. The van der Waals surface area contributed by atoms with E-state index < -0.39 is 25.0 Å². The van der Waals surface area contributed by atoms with Gasteiger partial charge in [0.05, 0.1) is 6.61 Å². The van der Waals surface area contributed by atoms with Crippen LogP contribution >= 0.6 is 0 Å². The highest BCUT2D eigenvalue weighted by molar-refractivity contribution is 5.81. The fourth-order valence-electron chi connectivity index (χ4n) is 1.98. The second-order valence-corrected chi connectivity index (χ2v) is 4.17. The van der Waals surface area contributed by atoms with Crippen molar-refractivity contribution in [3.05, 3.63) is 12.7 Å². The molecule has 108 valence electrons. The quantitative estimate of drug-likeness (QED) is 0.477. The van der Waals surface area contributed by atoms with Gasteiger partial charge in [0.25, 0.3) is 0 Å². The van der Waals surface area contributed by atoms with Crippen molar-refractivity contribution < 1.29 is 24.5 Å². The molecular formula is C9H11FN6O4. The van der Waals surface area contributed by atoms with E-state index in [0.717, 1.165) is 17.2 Å². The van der Waals surface area contributed by atoms with Crippen LogP contribution in [0.1, 0.15) is 0 Å². The lowest BCUT2D eigenvalue weighted by atomic mass is 10.3. The minimum absolute atomic E-state index is 0.0269. The van der Waals surface area contributed by atoms with E-state index in [2.05, 4.69) is 15.0 Å². The van der Waals surface area contributed by atoms with Crippen molar-refractivity contribution in [3.8, 4) is 0 Å². The molecule has 1 aliphatic rings. The second kappa shape index (κ2) is 4.29. The second-order valence-electron chi connectivity index (χ2n) is 4.17. The smallest absolute Gasteiger partial charge is 0.387 e. The first-order chi connectivity index (χ1) is 9.49. The summed E-state index contributed by atoms with van der Waals surface area (Å²) in [4.78, 5) is 11.3. The molecule has 0 saturated carbocycles. The number of nitrogen functional groups attached to an aromatic ring is 1. The third-order valence-corrected chi connectivity index (χ3v) is 3.01. The highest BCUT2D eigenvalue weighted by Crippen LogP contribution is 2.37. The first-order valence-electron chi connectivity index (χ1n) is 5.57. The van der Waals surface area contributed by atoms with Crippen LogP contribution in [-0.4, -0.2) is 58.9 Å². The van der Waals surface area contributed by atoms with Crippen molar-refractivity contribution in [2.75, 3.05) is 12.3 Å². The van der Waals surface area contributed by atoms with Crippen LogP contribution in [0, 0.1) is 0 Å². The van der Waals surface area contributed by atoms with Crippen molar-refractivity contribution in [2.45, 2.75) is 18.4 Å². The predicted octanol–water partition coefficient (Wildman–Crippen LogP) is -1.65. The Morgan fingerprint density at radius 2 is 2.20 bits per heavy atom. The van der Waals surface area contributed by atoms with Crippen molar-refractivity contribution in [3.63, 3.8) is 0 Å². The molecule has 0 radical (unpaired) electrons. The van der Waals surface area contributed by atoms with Crippen LogP contribution in [0.15, 0.2) is 12.7 Å². The van der Waals surface area contributed by atoms with Crippen molar-refractivity contribution in [1.29, 1.82) is 0 Å². The molecule has 0 amide bonds. The number of hydrogen-bond donors (Lipinski definition) is 4. The van der Waals surface area contributed by atoms with E-state index in [9.17, 15) is 14.7 Å². The number of imidazole rings is 1. The third kappa shape index (κ3) is 1.58. The number of aliphatic hydroxyl groups is 2. The molecule has 5 N–H and O–H groups in total. The fourth-order valence-corrected chi connectivity index (χ4v) is 1.98. The molecular weight excluding hydrogens is 275 g/mol. The average Bonchev–Trinajstić information content (AvgIpc) is 2.96. The van der Waals surface area contributed by atoms with Crippen LogP contribution in [-0.2, 0) is 10.8 Å². The van der Waals surface area contributed by atoms with E-state index in [1.807, 2.05) is 0 Å². The topological polar surface area (TPSA) is 143 Å². The Labute approximate surface area is 110 Å². The van der Waals surface area contributed by atoms with Crippen LogP contribution < -0.4 is 5.73 Å². The normalized spacial score (nSPS) is 31.2. The monoisotopic (exact) mass is 286 g/mol. The van der Waals surface area contributed by atoms with Crippen LogP contribution in [0.2, 0.25) is 0 Å². The van der Waals surface area contributed by atoms with Gasteiger partial charge in [-0.2, -0.15) is 4.39 Å². The van der Waals surface area contributed by atoms with Gasteiger partial charge in [-0.3, -0.25) is 0 Å². The summed E-state index contributed by atoms with van der Waals surface area (Å²) in [6.45, 7) is -0.687. The highest BCUT2D eigenvalue weighted by atomic mass is 19.2. The van der Waals surface area contributed by atoms with Crippen molar-refractivity contribution in [2.24, 2.45) is 0 Å². The molecule has 3 atom stereocenters. The number of fused-ring (bicyclic) bond motifs is 1. The van der Waals surface area contributed by atoms with Gasteiger partial charge in [0.2, 0.25) is 0 Å². The van der Waals surface area contributed by atoms with Gasteiger partial charge < -0.3 is 25.9 Å². The highest BCUT2D eigenvalue weighted by Gasteiger charge is 2.56. The predicted molar refractivity (Wildman–Crippen MR) is 60.4 cm³/mol. The Kier molecular flexibility index (Phi) is 2.81. The van der Waals surface area contributed by atoms with Crippen LogP contribution in [0.4, 0.5) is 10.2 Å².